The van der Waals surface area contributed by atoms with Crippen LogP contribution in [-0.4, -0.2) is 36.5 Å². The van der Waals surface area contributed by atoms with Crippen molar-refractivity contribution in [3.63, 3.8) is 0 Å². The summed E-state index contributed by atoms with van der Waals surface area (Å²) in [7, 11) is 0. The van der Waals surface area contributed by atoms with E-state index in [1.54, 1.807) is 6.92 Å². The van der Waals surface area contributed by atoms with Gasteiger partial charge >= 0.3 is 0 Å². The van der Waals surface area contributed by atoms with E-state index in [-0.39, 0.29) is 5.91 Å². The van der Waals surface area contributed by atoms with Gasteiger partial charge in [0.15, 0.2) is 0 Å². The van der Waals surface area contributed by atoms with Gasteiger partial charge in [0.1, 0.15) is 0 Å². The van der Waals surface area contributed by atoms with Crippen LogP contribution in [-0.2, 0) is 4.79 Å². The van der Waals surface area contributed by atoms with Crippen LogP contribution in [0.1, 0.15) is 26.2 Å². The highest BCUT2D eigenvalue weighted by atomic mass is 16.2. The van der Waals surface area contributed by atoms with Gasteiger partial charge in [0, 0.05) is 26.1 Å². The van der Waals surface area contributed by atoms with Crippen LogP contribution in [0.5, 0.6) is 0 Å². The van der Waals surface area contributed by atoms with E-state index in [9.17, 15) is 4.79 Å². The maximum absolute atomic E-state index is 11.2. The summed E-state index contributed by atoms with van der Waals surface area (Å²) in [5, 5.41) is 3.54. The van der Waals surface area contributed by atoms with Crippen molar-refractivity contribution in [2.75, 3.05) is 19.6 Å². The van der Waals surface area contributed by atoms with Gasteiger partial charge in [0.25, 0.3) is 0 Å². The summed E-state index contributed by atoms with van der Waals surface area (Å²) in [6.07, 6.45) is 3.71. The van der Waals surface area contributed by atoms with Crippen molar-refractivity contribution in [3.8, 4) is 0 Å². The van der Waals surface area contributed by atoms with E-state index >= 15 is 0 Å². The molecule has 2 saturated heterocycles. The van der Waals surface area contributed by atoms with E-state index in [1.807, 2.05) is 4.90 Å². The Hall–Kier alpha value is -0.570. The molecule has 2 aliphatic heterocycles. The zero-order chi connectivity index (χ0) is 9.26. The van der Waals surface area contributed by atoms with Crippen molar-refractivity contribution < 1.29 is 4.79 Å². The Morgan fingerprint density at radius 1 is 1.46 bits per heavy atom. The zero-order valence-corrected chi connectivity index (χ0v) is 8.25. The minimum atomic E-state index is 0.240. The lowest BCUT2D eigenvalue weighted by Crippen LogP contribution is -2.53. The summed E-state index contributed by atoms with van der Waals surface area (Å²) in [6, 6.07) is 0.685. The highest BCUT2D eigenvalue weighted by Gasteiger charge is 2.31. The quantitative estimate of drug-likeness (QED) is 0.595. The number of rotatable bonds is 0. The van der Waals surface area contributed by atoms with Crippen molar-refractivity contribution in [1.29, 1.82) is 0 Å². The molecule has 2 fully saturated rings. The molecule has 3 heteroatoms. The summed E-state index contributed by atoms with van der Waals surface area (Å²) in [6.45, 7) is 4.77. The molecule has 0 bridgehead atoms. The van der Waals surface area contributed by atoms with Crippen LogP contribution in [0.2, 0.25) is 0 Å². The Labute approximate surface area is 79.5 Å². The average molecular weight is 182 g/mol. The third-order valence-corrected chi connectivity index (χ3v) is 3.34. The molecule has 0 aromatic rings. The molecular formula is C10H18N2O. The first-order valence-corrected chi connectivity index (χ1v) is 5.26. The topological polar surface area (TPSA) is 32.3 Å². The van der Waals surface area contributed by atoms with Crippen LogP contribution < -0.4 is 5.32 Å². The van der Waals surface area contributed by atoms with Crippen LogP contribution in [0.15, 0.2) is 0 Å². The van der Waals surface area contributed by atoms with Gasteiger partial charge in [-0.2, -0.15) is 0 Å². The van der Waals surface area contributed by atoms with Gasteiger partial charge in [-0.1, -0.05) is 0 Å². The molecule has 2 aliphatic rings. The summed E-state index contributed by atoms with van der Waals surface area (Å²) in [5.74, 6) is 0.954. The molecule has 0 unspecified atom stereocenters. The Bertz CT molecular complexity index is 205. The molecule has 0 radical (unpaired) electrons. The van der Waals surface area contributed by atoms with E-state index in [2.05, 4.69) is 5.32 Å². The van der Waals surface area contributed by atoms with Crippen LogP contribution >= 0.6 is 0 Å². The van der Waals surface area contributed by atoms with Crippen molar-refractivity contribution in [2.45, 2.75) is 32.2 Å². The lowest BCUT2D eigenvalue weighted by Gasteiger charge is -2.41. The molecule has 0 aliphatic carbocycles. The van der Waals surface area contributed by atoms with Gasteiger partial charge in [-0.15, -0.1) is 0 Å². The fourth-order valence-electron chi connectivity index (χ4n) is 2.53. The number of carbonyl (C=O) groups excluding carboxylic acids is 1. The van der Waals surface area contributed by atoms with Gasteiger partial charge < -0.3 is 10.2 Å². The highest BCUT2D eigenvalue weighted by Crippen LogP contribution is 2.24. The van der Waals surface area contributed by atoms with E-state index in [0.29, 0.717) is 12.0 Å². The van der Waals surface area contributed by atoms with E-state index in [1.165, 1.54) is 19.4 Å². The van der Waals surface area contributed by atoms with Gasteiger partial charge in [-0.05, 0) is 31.7 Å². The average Bonchev–Trinajstić information content (AvgIpc) is 2.17. The molecule has 13 heavy (non-hydrogen) atoms. The van der Waals surface area contributed by atoms with Crippen LogP contribution in [0.25, 0.3) is 0 Å². The molecule has 0 aromatic heterocycles. The standard InChI is InChI=1S/C10H18N2O/c1-8(13)12-6-4-10-9(7-12)3-2-5-11-10/h9-11H,2-7H2,1H3/t9-,10-/m1/s1. The van der Waals surface area contributed by atoms with E-state index in [0.717, 1.165) is 19.5 Å². The molecule has 1 N–H and O–H groups in total. The number of carbonyl (C=O) groups is 1. The summed E-state index contributed by atoms with van der Waals surface area (Å²) in [4.78, 5) is 13.2. The van der Waals surface area contributed by atoms with Crippen LogP contribution in [0, 0.1) is 5.92 Å². The van der Waals surface area contributed by atoms with E-state index < -0.39 is 0 Å². The smallest absolute Gasteiger partial charge is 0.219 e. The number of fused-ring (bicyclic) bond motifs is 1. The van der Waals surface area contributed by atoms with Gasteiger partial charge in [-0.25, -0.2) is 0 Å². The fourth-order valence-corrected chi connectivity index (χ4v) is 2.53. The Kier molecular flexibility index (Phi) is 2.54. The second-order valence-corrected chi connectivity index (χ2v) is 4.22. The molecule has 74 valence electrons. The van der Waals surface area contributed by atoms with Crippen molar-refractivity contribution in [1.82, 2.24) is 10.2 Å². The van der Waals surface area contributed by atoms with E-state index in [4.69, 9.17) is 0 Å². The van der Waals surface area contributed by atoms with Crippen LogP contribution in [0.4, 0.5) is 0 Å². The zero-order valence-electron chi connectivity index (χ0n) is 8.25. The Morgan fingerprint density at radius 3 is 3.08 bits per heavy atom. The molecular weight excluding hydrogens is 164 g/mol. The molecule has 0 aromatic carbocycles. The second kappa shape index (κ2) is 3.66. The number of hydrogen-bond acceptors (Lipinski definition) is 2. The number of piperidine rings is 2. The maximum atomic E-state index is 11.2. The van der Waals surface area contributed by atoms with Gasteiger partial charge in [-0.3, -0.25) is 4.79 Å². The molecule has 2 atom stereocenters. The minimum Gasteiger partial charge on any atom is -0.343 e. The summed E-state index contributed by atoms with van der Waals surface area (Å²) in [5.41, 5.74) is 0. The van der Waals surface area contributed by atoms with Crippen molar-refractivity contribution >= 4 is 5.91 Å². The molecule has 0 spiro atoms. The first-order chi connectivity index (χ1) is 6.27. The lowest BCUT2D eigenvalue weighted by molar-refractivity contribution is -0.131. The predicted octanol–water partition coefficient (Wildman–Crippen LogP) is 0.607. The number of hydrogen-bond donors (Lipinski definition) is 1. The number of amides is 1. The third kappa shape index (κ3) is 1.85. The Balaban J connectivity index is 1.95. The number of nitrogens with zero attached hydrogens (tertiary/aromatic N) is 1. The number of nitrogens with one attached hydrogen (secondary N) is 1. The molecule has 1 amide bonds. The first-order valence-electron chi connectivity index (χ1n) is 5.26. The third-order valence-electron chi connectivity index (χ3n) is 3.34. The molecule has 2 rings (SSSR count). The first kappa shape index (κ1) is 9.00. The maximum Gasteiger partial charge on any atom is 0.219 e. The highest BCUT2D eigenvalue weighted by molar-refractivity contribution is 5.73. The summed E-state index contributed by atoms with van der Waals surface area (Å²) < 4.78 is 0. The van der Waals surface area contributed by atoms with Crippen molar-refractivity contribution in [3.05, 3.63) is 0 Å². The largest absolute Gasteiger partial charge is 0.343 e. The van der Waals surface area contributed by atoms with Gasteiger partial charge in [0.2, 0.25) is 5.91 Å². The molecule has 3 nitrogen and oxygen atoms in total. The minimum absolute atomic E-state index is 0.240. The Morgan fingerprint density at radius 2 is 2.31 bits per heavy atom. The monoisotopic (exact) mass is 182 g/mol. The van der Waals surface area contributed by atoms with Crippen LogP contribution in [0.3, 0.4) is 0 Å². The predicted molar refractivity (Wildman–Crippen MR) is 51.4 cm³/mol. The fraction of sp³-hybridized carbons (Fsp3) is 0.900. The lowest BCUT2D eigenvalue weighted by atomic mass is 9.85. The second-order valence-electron chi connectivity index (χ2n) is 4.22. The molecule has 2 heterocycles. The molecule has 0 saturated carbocycles. The SMILES string of the molecule is CC(=O)N1CC[C@H]2NCCC[C@@H]2C1. The van der Waals surface area contributed by atoms with Crippen molar-refractivity contribution in [2.24, 2.45) is 5.92 Å². The normalized spacial score (nSPS) is 34.1. The number of likely N-dealkylation sites (tertiary alicyclic amines) is 1. The summed E-state index contributed by atoms with van der Waals surface area (Å²) >= 11 is 0. The van der Waals surface area contributed by atoms with Gasteiger partial charge in [0.05, 0.1) is 0 Å².